The van der Waals surface area contributed by atoms with Crippen molar-refractivity contribution in [3.63, 3.8) is 0 Å². The Kier molecular flexibility index (Phi) is 4.76. The lowest BCUT2D eigenvalue weighted by Gasteiger charge is -2.29. The fourth-order valence-corrected chi connectivity index (χ4v) is 2.95. The number of nitrogens with one attached hydrogen (secondary N) is 1. The average molecular weight is 316 g/mol. The third kappa shape index (κ3) is 3.53. The van der Waals surface area contributed by atoms with Gasteiger partial charge in [-0.3, -0.25) is 0 Å². The van der Waals surface area contributed by atoms with Crippen LogP contribution in [-0.2, 0) is 0 Å². The Hall–Kier alpha value is -0.450. The van der Waals surface area contributed by atoms with Crippen LogP contribution in [0.2, 0.25) is 0 Å². The molecular weight excluding hydrogens is 297 g/mol. The van der Waals surface area contributed by atoms with Crippen molar-refractivity contribution in [3.05, 3.63) is 34.1 Å². The number of hydrogen-bond donors (Lipinski definition) is 2. The largest absolute Gasteiger partial charge is 0.388 e. The molecule has 3 unspecified atom stereocenters. The van der Waals surface area contributed by atoms with Crippen LogP contribution < -0.4 is 5.32 Å². The highest BCUT2D eigenvalue weighted by molar-refractivity contribution is 9.10. The van der Waals surface area contributed by atoms with Gasteiger partial charge in [0.05, 0.1) is 6.10 Å². The zero-order chi connectivity index (χ0) is 13.1. The first-order chi connectivity index (χ1) is 8.56. The van der Waals surface area contributed by atoms with Crippen molar-refractivity contribution in [1.29, 1.82) is 0 Å². The topological polar surface area (TPSA) is 32.3 Å². The lowest BCUT2D eigenvalue weighted by molar-refractivity contribution is 0.134. The third-order valence-electron chi connectivity index (χ3n) is 3.58. The van der Waals surface area contributed by atoms with E-state index in [9.17, 15) is 9.50 Å². The average Bonchev–Trinajstić information content (AvgIpc) is 2.32. The van der Waals surface area contributed by atoms with Gasteiger partial charge < -0.3 is 10.4 Å². The number of hydrogen-bond acceptors (Lipinski definition) is 2. The van der Waals surface area contributed by atoms with Crippen LogP contribution in [0.25, 0.3) is 0 Å². The van der Waals surface area contributed by atoms with Gasteiger partial charge >= 0.3 is 0 Å². The van der Waals surface area contributed by atoms with E-state index >= 15 is 0 Å². The molecule has 1 heterocycles. The van der Waals surface area contributed by atoms with Crippen LogP contribution in [-0.4, -0.2) is 17.7 Å². The molecule has 3 atom stereocenters. The Morgan fingerprint density at radius 2 is 2.33 bits per heavy atom. The monoisotopic (exact) mass is 315 g/mol. The van der Waals surface area contributed by atoms with Gasteiger partial charge in [0.15, 0.2) is 0 Å². The van der Waals surface area contributed by atoms with E-state index in [1.807, 2.05) is 0 Å². The molecule has 0 aromatic heterocycles. The molecule has 1 saturated heterocycles. The highest BCUT2D eigenvalue weighted by Crippen LogP contribution is 2.27. The Labute approximate surface area is 116 Å². The summed E-state index contributed by atoms with van der Waals surface area (Å²) in [5.41, 5.74) is 0.379. The van der Waals surface area contributed by atoms with Crippen LogP contribution in [0.3, 0.4) is 0 Å². The maximum Gasteiger partial charge on any atom is 0.129 e. The smallest absolute Gasteiger partial charge is 0.129 e. The SMILES string of the molecule is CC1CCNC(CC(O)c2cc(Br)ccc2F)C1. The molecule has 2 N–H and O–H groups in total. The summed E-state index contributed by atoms with van der Waals surface area (Å²) in [5.74, 6) is 0.338. The molecule has 18 heavy (non-hydrogen) atoms. The number of aliphatic hydroxyl groups excluding tert-OH is 1. The number of benzene rings is 1. The second-order valence-corrected chi connectivity index (χ2v) is 6.11. The molecule has 2 rings (SSSR count). The summed E-state index contributed by atoms with van der Waals surface area (Å²) >= 11 is 3.31. The van der Waals surface area contributed by atoms with Crippen molar-refractivity contribution in [2.45, 2.75) is 38.3 Å². The molecule has 1 aliphatic heterocycles. The Morgan fingerprint density at radius 3 is 3.06 bits per heavy atom. The molecule has 1 aliphatic rings. The van der Waals surface area contributed by atoms with Gasteiger partial charge in [-0.25, -0.2) is 4.39 Å². The summed E-state index contributed by atoms with van der Waals surface area (Å²) in [4.78, 5) is 0. The summed E-state index contributed by atoms with van der Waals surface area (Å²) < 4.78 is 14.4. The summed E-state index contributed by atoms with van der Waals surface area (Å²) in [7, 11) is 0. The zero-order valence-corrected chi connectivity index (χ0v) is 12.1. The Balaban J connectivity index is 2.02. The first kappa shape index (κ1) is 14.0. The van der Waals surface area contributed by atoms with E-state index in [4.69, 9.17) is 0 Å². The molecule has 1 aromatic rings. The van der Waals surface area contributed by atoms with Gasteiger partial charge in [-0.2, -0.15) is 0 Å². The summed E-state index contributed by atoms with van der Waals surface area (Å²) in [6.45, 7) is 3.21. The van der Waals surface area contributed by atoms with Crippen LogP contribution in [0.4, 0.5) is 4.39 Å². The molecule has 2 nitrogen and oxygen atoms in total. The molecule has 0 amide bonds. The number of rotatable bonds is 3. The predicted octanol–water partition coefficient (Wildman–Crippen LogP) is 3.40. The van der Waals surface area contributed by atoms with E-state index in [-0.39, 0.29) is 11.9 Å². The van der Waals surface area contributed by atoms with Gasteiger partial charge in [-0.1, -0.05) is 22.9 Å². The molecular formula is C14H19BrFNO. The van der Waals surface area contributed by atoms with Crippen molar-refractivity contribution in [1.82, 2.24) is 5.32 Å². The summed E-state index contributed by atoms with van der Waals surface area (Å²) in [6.07, 6.45) is 2.05. The fourth-order valence-electron chi connectivity index (χ4n) is 2.57. The van der Waals surface area contributed by atoms with Crippen molar-refractivity contribution in [2.24, 2.45) is 5.92 Å². The van der Waals surface area contributed by atoms with Crippen LogP contribution in [0.5, 0.6) is 0 Å². The van der Waals surface area contributed by atoms with Gasteiger partial charge in [0.2, 0.25) is 0 Å². The Morgan fingerprint density at radius 1 is 1.56 bits per heavy atom. The predicted molar refractivity (Wildman–Crippen MR) is 73.9 cm³/mol. The van der Waals surface area contributed by atoms with Crippen LogP contribution in [0, 0.1) is 11.7 Å². The molecule has 1 fully saturated rings. The number of aliphatic hydroxyl groups is 1. The van der Waals surface area contributed by atoms with Crippen molar-refractivity contribution < 1.29 is 9.50 Å². The van der Waals surface area contributed by atoms with Gasteiger partial charge in [0, 0.05) is 16.1 Å². The standard InChI is InChI=1S/C14H19BrFNO/c1-9-4-5-17-11(6-9)8-14(18)12-7-10(15)2-3-13(12)16/h2-3,7,9,11,14,17-18H,4-6,8H2,1H3. The lowest BCUT2D eigenvalue weighted by atomic mass is 9.90. The van der Waals surface area contributed by atoms with Crippen molar-refractivity contribution >= 4 is 15.9 Å². The highest BCUT2D eigenvalue weighted by atomic mass is 79.9. The fraction of sp³-hybridized carbons (Fsp3) is 0.571. The minimum atomic E-state index is -0.745. The normalized spacial score (nSPS) is 26.0. The zero-order valence-electron chi connectivity index (χ0n) is 10.5. The molecule has 4 heteroatoms. The van der Waals surface area contributed by atoms with E-state index in [1.165, 1.54) is 12.5 Å². The Bertz CT molecular complexity index is 413. The van der Waals surface area contributed by atoms with Crippen molar-refractivity contribution in [3.8, 4) is 0 Å². The lowest BCUT2D eigenvalue weighted by Crippen LogP contribution is -2.38. The summed E-state index contributed by atoms with van der Waals surface area (Å²) in [5, 5.41) is 13.6. The van der Waals surface area contributed by atoms with Gasteiger partial charge in [0.25, 0.3) is 0 Å². The van der Waals surface area contributed by atoms with E-state index in [1.54, 1.807) is 12.1 Å². The van der Waals surface area contributed by atoms with Gasteiger partial charge in [-0.15, -0.1) is 0 Å². The molecule has 0 bridgehead atoms. The first-order valence-electron chi connectivity index (χ1n) is 6.42. The molecule has 0 aliphatic carbocycles. The summed E-state index contributed by atoms with van der Waals surface area (Å²) in [6, 6.07) is 4.97. The van der Waals surface area contributed by atoms with E-state index in [0.29, 0.717) is 17.9 Å². The second-order valence-electron chi connectivity index (χ2n) is 5.20. The minimum absolute atomic E-state index is 0.280. The molecule has 0 saturated carbocycles. The first-order valence-corrected chi connectivity index (χ1v) is 7.22. The van der Waals surface area contributed by atoms with E-state index < -0.39 is 6.10 Å². The molecule has 0 radical (unpaired) electrons. The van der Waals surface area contributed by atoms with Crippen molar-refractivity contribution in [2.75, 3.05) is 6.54 Å². The third-order valence-corrected chi connectivity index (χ3v) is 4.08. The highest BCUT2D eigenvalue weighted by Gasteiger charge is 2.23. The maximum atomic E-state index is 13.6. The minimum Gasteiger partial charge on any atom is -0.388 e. The van der Waals surface area contributed by atoms with Crippen LogP contribution >= 0.6 is 15.9 Å². The number of piperidine rings is 1. The molecule has 1 aromatic carbocycles. The van der Waals surface area contributed by atoms with Crippen LogP contribution in [0.15, 0.2) is 22.7 Å². The van der Waals surface area contributed by atoms with E-state index in [0.717, 1.165) is 17.4 Å². The molecule has 0 spiro atoms. The maximum absolute atomic E-state index is 13.6. The number of halogens is 2. The van der Waals surface area contributed by atoms with Gasteiger partial charge in [0.1, 0.15) is 5.82 Å². The van der Waals surface area contributed by atoms with Gasteiger partial charge in [-0.05, 0) is 49.9 Å². The second kappa shape index (κ2) is 6.13. The van der Waals surface area contributed by atoms with Crippen LogP contribution in [0.1, 0.15) is 37.9 Å². The quantitative estimate of drug-likeness (QED) is 0.896. The van der Waals surface area contributed by atoms with E-state index in [2.05, 4.69) is 28.2 Å². The molecule has 100 valence electrons.